The Kier molecular flexibility index (Phi) is 7.28. The topological polar surface area (TPSA) is 43.2 Å². The largest absolute Gasteiger partial charge is 0.496 e. The Balaban J connectivity index is 1.79. The van der Waals surface area contributed by atoms with Crippen LogP contribution < -0.4 is 9.64 Å². The zero-order valence-electron chi connectivity index (χ0n) is 20.4. The van der Waals surface area contributed by atoms with Gasteiger partial charge in [0.15, 0.2) is 0 Å². The van der Waals surface area contributed by atoms with E-state index in [1.165, 1.54) is 11.1 Å². The molecule has 0 amide bonds. The minimum atomic E-state index is 0.242. The number of benzene rings is 2. The van der Waals surface area contributed by atoms with Gasteiger partial charge in [-0.2, -0.15) is 4.98 Å². The molecule has 4 rings (SSSR count). The lowest BCUT2D eigenvalue weighted by atomic mass is 9.99. The smallest absolute Gasteiger partial charge is 0.245 e. The zero-order valence-corrected chi connectivity index (χ0v) is 21.2. The molecule has 0 radical (unpaired) electrons. The van der Waals surface area contributed by atoms with Crippen LogP contribution in [0, 0.1) is 13.8 Å². The third-order valence-corrected chi connectivity index (χ3v) is 6.68. The highest BCUT2D eigenvalue weighted by molar-refractivity contribution is 6.32. The number of ether oxygens (including phenoxy) is 1. The molecular weight excluding hydrogens is 432 g/mol. The summed E-state index contributed by atoms with van der Waals surface area (Å²) in [5, 5.41) is 5.70. The molecule has 1 aromatic heterocycles. The fourth-order valence-corrected chi connectivity index (χ4v) is 4.68. The van der Waals surface area contributed by atoms with Crippen molar-refractivity contribution in [3.05, 3.63) is 63.9 Å². The van der Waals surface area contributed by atoms with Gasteiger partial charge in [0.1, 0.15) is 11.6 Å². The summed E-state index contributed by atoms with van der Waals surface area (Å²) in [7, 11) is 1.67. The standard InChI is InChI=1S/C27H35ClN4O/c1-6-8-23(20-11-9-18(3)10-12-20)31(15-7-2)27-29-26(21-13-14-21)32(30-27)24-16-19(4)25(33-5)17-22(24)28/h9-12,16-17,21,23H,6-8,13-15H2,1-5H3/t23-/m0/s1. The maximum Gasteiger partial charge on any atom is 0.245 e. The Morgan fingerprint density at radius 2 is 1.85 bits per heavy atom. The molecule has 0 saturated heterocycles. The Morgan fingerprint density at radius 1 is 1.12 bits per heavy atom. The fraction of sp³-hybridized carbons (Fsp3) is 0.481. The van der Waals surface area contributed by atoms with E-state index in [0.29, 0.717) is 10.9 Å². The maximum atomic E-state index is 6.70. The molecule has 176 valence electrons. The van der Waals surface area contributed by atoms with E-state index < -0.39 is 0 Å². The molecule has 6 heteroatoms. The number of anilines is 1. The SMILES string of the molecule is CCC[C@@H](c1ccc(C)cc1)N(CCC)c1nc(C2CC2)n(-c2cc(C)c(OC)cc2Cl)n1. The molecule has 0 bridgehead atoms. The van der Waals surface area contributed by atoms with Gasteiger partial charge in [-0.3, -0.25) is 0 Å². The summed E-state index contributed by atoms with van der Waals surface area (Å²) in [5.41, 5.74) is 4.50. The van der Waals surface area contributed by atoms with Crippen molar-refractivity contribution in [3.8, 4) is 11.4 Å². The zero-order chi connectivity index (χ0) is 23.5. The number of nitrogens with zero attached hydrogens (tertiary/aromatic N) is 4. The van der Waals surface area contributed by atoms with Gasteiger partial charge in [-0.1, -0.05) is 61.7 Å². The Hall–Kier alpha value is -2.53. The third-order valence-electron chi connectivity index (χ3n) is 6.38. The maximum absolute atomic E-state index is 6.70. The first-order valence-electron chi connectivity index (χ1n) is 12.1. The highest BCUT2D eigenvalue weighted by Gasteiger charge is 2.33. The molecule has 1 saturated carbocycles. The molecule has 0 spiro atoms. The molecular formula is C27H35ClN4O. The monoisotopic (exact) mass is 466 g/mol. The number of hydrogen-bond acceptors (Lipinski definition) is 4. The predicted molar refractivity (Wildman–Crippen MR) is 136 cm³/mol. The van der Waals surface area contributed by atoms with Crippen LogP contribution in [0.15, 0.2) is 36.4 Å². The average molecular weight is 467 g/mol. The molecule has 1 heterocycles. The summed E-state index contributed by atoms with van der Waals surface area (Å²) in [6.45, 7) is 9.53. The van der Waals surface area contributed by atoms with Crippen molar-refractivity contribution in [3.63, 3.8) is 0 Å². The Bertz CT molecular complexity index is 1090. The second-order valence-corrected chi connectivity index (χ2v) is 9.55. The van der Waals surface area contributed by atoms with Crippen LogP contribution in [0.5, 0.6) is 5.75 Å². The van der Waals surface area contributed by atoms with Crippen LogP contribution in [0.2, 0.25) is 5.02 Å². The van der Waals surface area contributed by atoms with E-state index in [1.807, 2.05) is 17.7 Å². The molecule has 0 N–H and O–H groups in total. The molecule has 5 nitrogen and oxygen atoms in total. The molecule has 2 aromatic carbocycles. The van der Waals surface area contributed by atoms with Gasteiger partial charge in [-0.15, -0.1) is 5.10 Å². The fourth-order valence-electron chi connectivity index (χ4n) is 4.45. The van der Waals surface area contributed by atoms with Crippen molar-refractivity contribution in [1.29, 1.82) is 0 Å². The van der Waals surface area contributed by atoms with Gasteiger partial charge in [-0.05, 0) is 56.7 Å². The van der Waals surface area contributed by atoms with E-state index in [-0.39, 0.29) is 6.04 Å². The first kappa shape index (κ1) is 23.6. The summed E-state index contributed by atoms with van der Waals surface area (Å²) >= 11 is 6.70. The number of halogens is 1. The second-order valence-electron chi connectivity index (χ2n) is 9.14. The first-order chi connectivity index (χ1) is 16.0. The summed E-state index contributed by atoms with van der Waals surface area (Å²) < 4.78 is 7.43. The number of methoxy groups -OCH3 is 1. The molecule has 1 fully saturated rings. The third kappa shape index (κ3) is 5.03. The van der Waals surface area contributed by atoms with Gasteiger partial charge in [0, 0.05) is 18.5 Å². The van der Waals surface area contributed by atoms with Crippen LogP contribution in [-0.4, -0.2) is 28.4 Å². The second kappa shape index (κ2) is 10.2. The lowest BCUT2D eigenvalue weighted by Crippen LogP contribution is -2.30. The number of rotatable bonds is 10. The van der Waals surface area contributed by atoms with Crippen LogP contribution in [0.25, 0.3) is 5.69 Å². The number of aromatic nitrogens is 3. The number of aryl methyl sites for hydroxylation is 2. The van der Waals surface area contributed by atoms with Gasteiger partial charge in [0.05, 0.1) is 23.9 Å². The molecule has 33 heavy (non-hydrogen) atoms. The van der Waals surface area contributed by atoms with Crippen molar-refractivity contribution in [2.24, 2.45) is 0 Å². The van der Waals surface area contributed by atoms with Crippen molar-refractivity contribution < 1.29 is 4.74 Å². The quantitative estimate of drug-likeness (QED) is 0.317. The highest BCUT2D eigenvalue weighted by atomic mass is 35.5. The van der Waals surface area contributed by atoms with Crippen molar-refractivity contribution in [1.82, 2.24) is 14.8 Å². The van der Waals surface area contributed by atoms with E-state index in [2.05, 4.69) is 56.0 Å². The van der Waals surface area contributed by atoms with Crippen molar-refractivity contribution >= 4 is 17.5 Å². The molecule has 1 aliphatic rings. The first-order valence-corrected chi connectivity index (χ1v) is 12.5. The van der Waals surface area contributed by atoms with Gasteiger partial charge in [-0.25, -0.2) is 4.68 Å². The minimum absolute atomic E-state index is 0.242. The van der Waals surface area contributed by atoms with Gasteiger partial charge >= 0.3 is 0 Å². The van der Waals surface area contributed by atoms with Crippen LogP contribution in [0.3, 0.4) is 0 Å². The van der Waals surface area contributed by atoms with E-state index in [9.17, 15) is 0 Å². The Morgan fingerprint density at radius 3 is 2.45 bits per heavy atom. The predicted octanol–water partition coefficient (Wildman–Crippen LogP) is 7.18. The van der Waals surface area contributed by atoms with Crippen LogP contribution in [0.1, 0.15) is 80.4 Å². The van der Waals surface area contributed by atoms with Crippen LogP contribution in [-0.2, 0) is 0 Å². The van der Waals surface area contributed by atoms with Gasteiger partial charge in [0.2, 0.25) is 5.95 Å². The molecule has 3 aromatic rings. The molecule has 1 aliphatic carbocycles. The lowest BCUT2D eigenvalue weighted by molar-refractivity contribution is 0.411. The lowest BCUT2D eigenvalue weighted by Gasteiger charge is -2.31. The van der Waals surface area contributed by atoms with E-state index >= 15 is 0 Å². The van der Waals surface area contributed by atoms with Crippen LogP contribution in [0.4, 0.5) is 5.95 Å². The number of hydrogen-bond donors (Lipinski definition) is 0. The molecule has 0 unspecified atom stereocenters. The highest BCUT2D eigenvalue weighted by Crippen LogP contribution is 2.42. The molecule has 1 atom stereocenters. The van der Waals surface area contributed by atoms with Gasteiger partial charge in [0.25, 0.3) is 0 Å². The van der Waals surface area contributed by atoms with Gasteiger partial charge < -0.3 is 9.64 Å². The van der Waals surface area contributed by atoms with Crippen molar-refractivity contribution in [2.75, 3.05) is 18.6 Å². The average Bonchev–Trinajstić information content (AvgIpc) is 3.57. The normalized spacial score (nSPS) is 14.4. The van der Waals surface area contributed by atoms with Crippen molar-refractivity contribution in [2.45, 2.75) is 71.8 Å². The summed E-state index contributed by atoms with van der Waals surface area (Å²) in [6, 6.07) is 13.1. The minimum Gasteiger partial charge on any atom is -0.496 e. The summed E-state index contributed by atoms with van der Waals surface area (Å²) in [4.78, 5) is 7.50. The van der Waals surface area contributed by atoms with Crippen LogP contribution >= 0.6 is 11.6 Å². The molecule has 0 aliphatic heterocycles. The summed E-state index contributed by atoms with van der Waals surface area (Å²) in [5.74, 6) is 3.03. The Labute approximate surface area is 202 Å². The van der Waals surface area contributed by atoms with E-state index in [0.717, 1.165) is 67.4 Å². The van der Waals surface area contributed by atoms with E-state index in [4.69, 9.17) is 26.4 Å². The van der Waals surface area contributed by atoms with E-state index in [1.54, 1.807) is 7.11 Å². The summed E-state index contributed by atoms with van der Waals surface area (Å²) in [6.07, 6.45) is 5.48.